The number of hydrogen-bond acceptors (Lipinski definition) is 4. The molecule has 0 bridgehead atoms. The predicted molar refractivity (Wildman–Crippen MR) is 91.4 cm³/mol. The van der Waals surface area contributed by atoms with Gasteiger partial charge >= 0.3 is 0 Å². The maximum Gasteiger partial charge on any atom is 0.221 e. The molecule has 0 amide bonds. The molecule has 0 spiro atoms. The predicted octanol–water partition coefficient (Wildman–Crippen LogP) is 4.17. The summed E-state index contributed by atoms with van der Waals surface area (Å²) in [4.78, 5) is 8.54. The number of hydrogen-bond donors (Lipinski definition) is 2. The largest absolute Gasteiger partial charge is 0.506 e. The summed E-state index contributed by atoms with van der Waals surface area (Å²) in [6, 6.07) is 15.3. The molecule has 110 valence electrons. The molecule has 0 unspecified atom stereocenters. The normalized spacial score (nSPS) is 10.6. The van der Waals surface area contributed by atoms with Gasteiger partial charge in [0.15, 0.2) is 0 Å². The molecule has 0 atom stereocenters. The van der Waals surface area contributed by atoms with Gasteiger partial charge in [0.05, 0.1) is 15.9 Å². The summed E-state index contributed by atoms with van der Waals surface area (Å²) in [5.41, 5.74) is 9.74. The van der Waals surface area contributed by atoms with E-state index in [9.17, 15) is 5.11 Å². The monoisotopic (exact) mass is 355 g/mol. The number of nitrogens with two attached hydrogens (primary N) is 1. The Balaban J connectivity index is 2.19. The number of halogens is 1. The first-order chi connectivity index (χ1) is 10.5. The van der Waals surface area contributed by atoms with Crippen LogP contribution in [0.1, 0.15) is 5.56 Å². The summed E-state index contributed by atoms with van der Waals surface area (Å²) < 4.78 is 0.626. The van der Waals surface area contributed by atoms with Crippen LogP contribution in [0.5, 0.6) is 5.75 Å². The number of aromatic hydroxyl groups is 1. The van der Waals surface area contributed by atoms with Gasteiger partial charge in [-0.05, 0) is 46.6 Å². The number of anilines is 1. The summed E-state index contributed by atoms with van der Waals surface area (Å²) in [6.45, 7) is 1.95. The minimum atomic E-state index is 0.141. The zero-order valence-electron chi connectivity index (χ0n) is 11.9. The highest BCUT2D eigenvalue weighted by molar-refractivity contribution is 9.10. The lowest BCUT2D eigenvalue weighted by molar-refractivity contribution is 0.473. The van der Waals surface area contributed by atoms with E-state index in [1.807, 2.05) is 55.5 Å². The van der Waals surface area contributed by atoms with Crippen LogP contribution in [0, 0.1) is 6.92 Å². The van der Waals surface area contributed by atoms with Gasteiger partial charge in [-0.2, -0.15) is 0 Å². The molecule has 1 aromatic heterocycles. The molecule has 22 heavy (non-hydrogen) atoms. The van der Waals surface area contributed by atoms with E-state index in [-0.39, 0.29) is 11.7 Å². The summed E-state index contributed by atoms with van der Waals surface area (Å²) >= 11 is 3.35. The van der Waals surface area contributed by atoms with Crippen molar-refractivity contribution in [2.75, 3.05) is 5.73 Å². The van der Waals surface area contributed by atoms with Crippen molar-refractivity contribution in [1.29, 1.82) is 0 Å². The van der Waals surface area contributed by atoms with Gasteiger partial charge in [0.1, 0.15) is 5.75 Å². The Morgan fingerprint density at radius 1 is 1.00 bits per heavy atom. The lowest BCUT2D eigenvalue weighted by atomic mass is 10.0. The Kier molecular flexibility index (Phi) is 3.81. The Bertz CT molecular complexity index is 835. The van der Waals surface area contributed by atoms with Gasteiger partial charge in [0.2, 0.25) is 5.95 Å². The Morgan fingerprint density at radius 2 is 1.68 bits per heavy atom. The van der Waals surface area contributed by atoms with Crippen LogP contribution < -0.4 is 5.73 Å². The topological polar surface area (TPSA) is 72.0 Å². The van der Waals surface area contributed by atoms with E-state index in [2.05, 4.69) is 25.9 Å². The van der Waals surface area contributed by atoms with Gasteiger partial charge in [-0.15, -0.1) is 0 Å². The van der Waals surface area contributed by atoms with E-state index in [4.69, 9.17) is 5.73 Å². The number of benzene rings is 2. The van der Waals surface area contributed by atoms with E-state index in [0.717, 1.165) is 16.8 Å². The van der Waals surface area contributed by atoms with Crippen molar-refractivity contribution in [3.8, 4) is 28.3 Å². The molecule has 0 aliphatic carbocycles. The van der Waals surface area contributed by atoms with Crippen molar-refractivity contribution in [1.82, 2.24) is 9.97 Å². The first kappa shape index (κ1) is 14.5. The highest BCUT2D eigenvalue weighted by Gasteiger charge is 2.13. The molecule has 3 rings (SSSR count). The molecule has 0 aliphatic rings. The fourth-order valence-corrected chi connectivity index (χ4v) is 2.87. The van der Waals surface area contributed by atoms with Gasteiger partial charge < -0.3 is 10.8 Å². The average Bonchev–Trinajstić information content (AvgIpc) is 2.51. The number of aromatic nitrogens is 2. The highest BCUT2D eigenvalue weighted by Crippen LogP contribution is 2.36. The number of nitrogens with zero attached hydrogens (tertiary/aromatic N) is 2. The van der Waals surface area contributed by atoms with E-state index >= 15 is 0 Å². The molecule has 5 heteroatoms. The molecule has 4 nitrogen and oxygen atoms in total. The Labute approximate surface area is 136 Å². The zero-order valence-corrected chi connectivity index (χ0v) is 13.5. The maximum atomic E-state index is 10.3. The molecule has 3 aromatic rings. The van der Waals surface area contributed by atoms with Gasteiger partial charge in [-0.25, -0.2) is 9.97 Å². The molecule has 0 saturated heterocycles. The molecule has 1 heterocycles. The number of phenols is 1. The van der Waals surface area contributed by atoms with Crippen molar-refractivity contribution in [3.05, 3.63) is 58.6 Å². The minimum absolute atomic E-state index is 0.141. The van der Waals surface area contributed by atoms with Crippen LogP contribution in [0.25, 0.3) is 22.5 Å². The van der Waals surface area contributed by atoms with Crippen LogP contribution in [0.15, 0.2) is 53.0 Å². The first-order valence-electron chi connectivity index (χ1n) is 6.74. The second-order valence-electron chi connectivity index (χ2n) is 5.01. The van der Waals surface area contributed by atoms with Crippen LogP contribution in [-0.4, -0.2) is 15.1 Å². The van der Waals surface area contributed by atoms with Gasteiger partial charge in [-0.1, -0.05) is 30.3 Å². The standard InChI is InChI=1S/C17H14BrN3O/c1-10-7-12(16(22)13(18)8-10)15-9-14(20-17(19)21-15)11-5-3-2-4-6-11/h2-9,22H,1H3,(H2,19,20,21). The fraction of sp³-hybridized carbons (Fsp3) is 0.0588. The Morgan fingerprint density at radius 3 is 2.41 bits per heavy atom. The van der Waals surface area contributed by atoms with Gasteiger partial charge in [0, 0.05) is 11.1 Å². The first-order valence-corrected chi connectivity index (χ1v) is 7.53. The molecule has 0 aliphatic heterocycles. The lowest BCUT2D eigenvalue weighted by Gasteiger charge is -2.10. The second-order valence-corrected chi connectivity index (χ2v) is 5.86. The second kappa shape index (κ2) is 5.77. The highest BCUT2D eigenvalue weighted by atomic mass is 79.9. The third-order valence-electron chi connectivity index (χ3n) is 3.30. The fourth-order valence-electron chi connectivity index (χ4n) is 2.29. The lowest BCUT2D eigenvalue weighted by Crippen LogP contribution is -1.99. The van der Waals surface area contributed by atoms with E-state index in [0.29, 0.717) is 15.7 Å². The van der Waals surface area contributed by atoms with Crippen molar-refractivity contribution >= 4 is 21.9 Å². The summed E-state index contributed by atoms with van der Waals surface area (Å²) in [5, 5.41) is 10.3. The number of aryl methyl sites for hydroxylation is 1. The number of phenolic OH excluding ortho intramolecular Hbond substituents is 1. The third-order valence-corrected chi connectivity index (χ3v) is 3.90. The minimum Gasteiger partial charge on any atom is -0.506 e. The van der Waals surface area contributed by atoms with Gasteiger partial charge in [0.25, 0.3) is 0 Å². The molecule has 0 radical (unpaired) electrons. The van der Waals surface area contributed by atoms with E-state index in [1.54, 1.807) is 0 Å². The smallest absolute Gasteiger partial charge is 0.221 e. The van der Waals surface area contributed by atoms with Crippen LogP contribution in [0.3, 0.4) is 0 Å². The van der Waals surface area contributed by atoms with Crippen LogP contribution in [0.4, 0.5) is 5.95 Å². The van der Waals surface area contributed by atoms with Crippen molar-refractivity contribution in [2.24, 2.45) is 0 Å². The maximum absolute atomic E-state index is 10.3. The van der Waals surface area contributed by atoms with Crippen LogP contribution >= 0.6 is 15.9 Å². The average molecular weight is 356 g/mol. The quantitative estimate of drug-likeness (QED) is 0.723. The number of rotatable bonds is 2. The van der Waals surface area contributed by atoms with Crippen molar-refractivity contribution in [3.63, 3.8) is 0 Å². The number of nitrogen functional groups attached to an aromatic ring is 1. The van der Waals surface area contributed by atoms with Crippen LogP contribution in [-0.2, 0) is 0 Å². The SMILES string of the molecule is Cc1cc(Br)c(O)c(-c2cc(-c3ccccc3)nc(N)n2)c1. The van der Waals surface area contributed by atoms with Crippen molar-refractivity contribution < 1.29 is 5.11 Å². The van der Waals surface area contributed by atoms with E-state index in [1.165, 1.54) is 0 Å². The zero-order chi connectivity index (χ0) is 15.7. The van der Waals surface area contributed by atoms with E-state index < -0.39 is 0 Å². The Hall–Kier alpha value is -2.40. The molecular weight excluding hydrogens is 342 g/mol. The summed E-state index contributed by atoms with van der Waals surface area (Å²) in [6.07, 6.45) is 0. The summed E-state index contributed by atoms with van der Waals surface area (Å²) in [5.74, 6) is 0.316. The van der Waals surface area contributed by atoms with Gasteiger partial charge in [-0.3, -0.25) is 0 Å². The molecule has 2 aromatic carbocycles. The summed E-state index contributed by atoms with van der Waals surface area (Å²) in [7, 11) is 0. The van der Waals surface area contributed by atoms with Crippen LogP contribution in [0.2, 0.25) is 0 Å². The van der Waals surface area contributed by atoms with Crippen molar-refractivity contribution in [2.45, 2.75) is 6.92 Å². The molecule has 3 N–H and O–H groups in total. The molecule has 0 saturated carbocycles. The third kappa shape index (κ3) is 2.80. The molecular formula is C17H14BrN3O. The molecule has 0 fully saturated rings.